The number of rotatable bonds is 11. The molecular weight excluding hydrogens is 502 g/mol. The minimum atomic E-state index is -0.505. The van der Waals surface area contributed by atoms with Gasteiger partial charge in [0.25, 0.3) is 0 Å². The molecular formula is C28H37N5O4S. The van der Waals surface area contributed by atoms with Gasteiger partial charge in [-0.1, -0.05) is 6.07 Å². The third-order valence-corrected chi connectivity index (χ3v) is 7.85. The van der Waals surface area contributed by atoms with E-state index in [0.29, 0.717) is 44.2 Å². The van der Waals surface area contributed by atoms with Crippen molar-refractivity contribution in [2.75, 3.05) is 20.3 Å². The highest BCUT2D eigenvalue weighted by atomic mass is 32.1. The zero-order valence-corrected chi connectivity index (χ0v) is 23.5. The predicted octanol–water partition coefficient (Wildman–Crippen LogP) is 3.98. The maximum atomic E-state index is 13.5. The highest BCUT2D eigenvalue weighted by Gasteiger charge is 2.31. The number of hydrogen-bond acceptors (Lipinski definition) is 7. The molecule has 0 bridgehead atoms. The number of nitrogens with zero attached hydrogens (tertiary/aromatic N) is 4. The molecule has 1 atom stereocenters. The molecule has 0 unspecified atom stereocenters. The van der Waals surface area contributed by atoms with Crippen molar-refractivity contribution in [1.29, 1.82) is 0 Å². The molecule has 38 heavy (non-hydrogen) atoms. The molecule has 3 aromatic rings. The summed E-state index contributed by atoms with van der Waals surface area (Å²) >= 11 is 1.63. The number of carbonyl (C=O) groups is 2. The second-order valence-electron chi connectivity index (χ2n) is 9.67. The molecule has 0 radical (unpaired) electrons. The van der Waals surface area contributed by atoms with Crippen molar-refractivity contribution in [2.24, 2.45) is 0 Å². The third-order valence-electron chi connectivity index (χ3n) is 6.86. The number of methoxy groups -OCH3 is 1. The highest BCUT2D eigenvalue weighted by Crippen LogP contribution is 2.30. The molecule has 1 aromatic carbocycles. The number of aryl methyl sites for hydroxylation is 4. The van der Waals surface area contributed by atoms with E-state index in [2.05, 4.69) is 15.4 Å². The first-order chi connectivity index (χ1) is 18.4. The summed E-state index contributed by atoms with van der Waals surface area (Å²) in [7, 11) is 1.61. The molecule has 0 saturated carbocycles. The van der Waals surface area contributed by atoms with E-state index in [1.807, 2.05) is 55.2 Å². The van der Waals surface area contributed by atoms with Gasteiger partial charge >= 0.3 is 0 Å². The predicted molar refractivity (Wildman–Crippen MR) is 147 cm³/mol. The molecule has 1 aliphatic rings. The summed E-state index contributed by atoms with van der Waals surface area (Å²) in [5.74, 6) is 1.09. The number of thiazole rings is 1. The minimum absolute atomic E-state index is 0.0705. The maximum absolute atomic E-state index is 13.5. The lowest BCUT2D eigenvalue weighted by molar-refractivity contribution is -0.141. The van der Waals surface area contributed by atoms with Gasteiger partial charge in [-0.2, -0.15) is 5.10 Å². The van der Waals surface area contributed by atoms with Crippen molar-refractivity contribution in [1.82, 2.24) is 25.0 Å². The van der Waals surface area contributed by atoms with Crippen LogP contribution in [0.5, 0.6) is 11.5 Å². The number of aromatic nitrogens is 3. The van der Waals surface area contributed by atoms with Crippen LogP contribution in [0.15, 0.2) is 29.8 Å². The van der Waals surface area contributed by atoms with E-state index in [1.54, 1.807) is 23.3 Å². The Hall–Kier alpha value is -3.40. The first-order valence-corrected chi connectivity index (χ1v) is 14.0. The molecule has 9 nitrogen and oxygen atoms in total. The molecule has 1 saturated heterocycles. The number of hydrogen-bond donors (Lipinski definition) is 1. The van der Waals surface area contributed by atoms with Gasteiger partial charge in [-0.05, 0) is 63.8 Å². The number of carbonyl (C=O) groups excluding carboxylic acids is 2. The van der Waals surface area contributed by atoms with Crippen LogP contribution in [-0.2, 0) is 29.1 Å². The lowest BCUT2D eigenvalue weighted by Gasteiger charge is -2.30. The first-order valence-electron chi connectivity index (χ1n) is 13.1. The fourth-order valence-electron chi connectivity index (χ4n) is 4.79. The van der Waals surface area contributed by atoms with Crippen molar-refractivity contribution in [3.05, 3.63) is 57.3 Å². The van der Waals surface area contributed by atoms with Crippen LogP contribution in [0.25, 0.3) is 0 Å². The van der Waals surface area contributed by atoms with Crippen LogP contribution in [0.3, 0.4) is 0 Å². The van der Waals surface area contributed by atoms with Crippen LogP contribution in [0, 0.1) is 20.8 Å². The van der Waals surface area contributed by atoms with Gasteiger partial charge in [-0.15, -0.1) is 11.3 Å². The van der Waals surface area contributed by atoms with Gasteiger partial charge in [0.15, 0.2) is 11.5 Å². The van der Waals surface area contributed by atoms with E-state index in [1.165, 1.54) is 4.88 Å². The van der Waals surface area contributed by atoms with E-state index in [0.717, 1.165) is 41.9 Å². The minimum Gasteiger partial charge on any atom is -0.493 e. The molecule has 2 aromatic heterocycles. The molecule has 2 amide bonds. The monoisotopic (exact) mass is 539 g/mol. The number of amides is 2. The van der Waals surface area contributed by atoms with Gasteiger partial charge in [-0.3, -0.25) is 14.3 Å². The number of benzene rings is 1. The fraction of sp³-hybridized carbons (Fsp3) is 0.500. The van der Waals surface area contributed by atoms with E-state index in [4.69, 9.17) is 9.47 Å². The molecule has 0 spiro atoms. The summed E-state index contributed by atoms with van der Waals surface area (Å²) < 4.78 is 13.5. The van der Waals surface area contributed by atoms with E-state index >= 15 is 0 Å². The lowest BCUT2D eigenvalue weighted by Crippen LogP contribution is -2.48. The zero-order chi connectivity index (χ0) is 27.1. The molecule has 1 N–H and O–H groups in total. The fourth-order valence-corrected chi connectivity index (χ4v) is 5.55. The average Bonchev–Trinajstić information content (AvgIpc) is 3.38. The first kappa shape index (κ1) is 27.6. The van der Waals surface area contributed by atoms with E-state index < -0.39 is 6.04 Å². The Labute approximate surface area is 228 Å². The largest absolute Gasteiger partial charge is 0.493 e. The quantitative estimate of drug-likeness (QED) is 0.396. The molecule has 10 heteroatoms. The number of nitrogens with one attached hydrogen (secondary N) is 1. The van der Waals surface area contributed by atoms with Gasteiger partial charge in [0.05, 0.1) is 30.6 Å². The van der Waals surface area contributed by atoms with Crippen LogP contribution in [0.4, 0.5) is 0 Å². The smallest absolute Gasteiger partial charge is 0.242 e. The topological polar surface area (TPSA) is 98.6 Å². The second kappa shape index (κ2) is 12.9. The third kappa shape index (κ3) is 6.92. The SMILES string of the molecule is COc1cc(CN(C(=O)CCn2nc(C)cc2C)[C@H]2CCCCNC2=O)ccc1OCCc1scnc1C. The molecule has 1 aliphatic heterocycles. The lowest BCUT2D eigenvalue weighted by atomic mass is 10.1. The summed E-state index contributed by atoms with van der Waals surface area (Å²) in [5.41, 5.74) is 5.69. The number of ether oxygens (including phenoxy) is 2. The molecule has 1 fully saturated rings. The van der Waals surface area contributed by atoms with Crippen LogP contribution >= 0.6 is 11.3 Å². The Bertz CT molecular complexity index is 1250. The van der Waals surface area contributed by atoms with Crippen molar-refractivity contribution in [2.45, 2.75) is 72.0 Å². The molecule has 0 aliphatic carbocycles. The van der Waals surface area contributed by atoms with E-state index in [9.17, 15) is 9.59 Å². The maximum Gasteiger partial charge on any atom is 0.242 e. The molecule has 204 valence electrons. The summed E-state index contributed by atoms with van der Waals surface area (Å²) in [6.07, 6.45) is 3.49. The Morgan fingerprint density at radius 1 is 1.21 bits per heavy atom. The van der Waals surface area contributed by atoms with Gasteiger partial charge in [0.1, 0.15) is 6.04 Å². The Kier molecular flexibility index (Phi) is 9.38. The summed E-state index contributed by atoms with van der Waals surface area (Å²) in [5, 5.41) is 7.45. The Morgan fingerprint density at radius 3 is 2.76 bits per heavy atom. The van der Waals surface area contributed by atoms with E-state index in [-0.39, 0.29) is 18.2 Å². The summed E-state index contributed by atoms with van der Waals surface area (Å²) in [4.78, 5) is 33.7. The highest BCUT2D eigenvalue weighted by molar-refractivity contribution is 7.09. The van der Waals surface area contributed by atoms with Crippen molar-refractivity contribution < 1.29 is 19.1 Å². The van der Waals surface area contributed by atoms with Gasteiger partial charge in [0.2, 0.25) is 11.8 Å². The summed E-state index contributed by atoms with van der Waals surface area (Å²) in [6, 6.07) is 7.19. The summed E-state index contributed by atoms with van der Waals surface area (Å²) in [6.45, 7) is 7.86. The standard InChI is InChI=1S/C28H37N5O4S/c1-19-15-20(2)33(31-19)13-10-27(34)32(23-7-5-6-12-29-28(23)35)17-22-8-9-24(25(16-22)36-4)37-14-11-26-21(3)30-18-38-26/h8-9,15-16,18,23H,5-7,10-14,17H2,1-4H3,(H,29,35)/t23-/m0/s1. The average molecular weight is 540 g/mol. The van der Waals surface area contributed by atoms with Crippen LogP contribution in [0.2, 0.25) is 0 Å². The Balaban J connectivity index is 1.48. The van der Waals surface area contributed by atoms with Gasteiger partial charge in [0, 0.05) is 43.0 Å². The molecule has 4 rings (SSSR count). The second-order valence-corrected chi connectivity index (χ2v) is 10.6. The van der Waals surface area contributed by atoms with Gasteiger partial charge in [-0.25, -0.2) is 4.98 Å². The van der Waals surface area contributed by atoms with Crippen molar-refractivity contribution >= 4 is 23.2 Å². The van der Waals surface area contributed by atoms with Crippen LogP contribution in [-0.4, -0.2) is 57.8 Å². The Morgan fingerprint density at radius 2 is 2.05 bits per heavy atom. The van der Waals surface area contributed by atoms with Crippen LogP contribution in [0.1, 0.15) is 53.2 Å². The van der Waals surface area contributed by atoms with Crippen LogP contribution < -0.4 is 14.8 Å². The normalized spacial score (nSPS) is 15.6. The van der Waals surface area contributed by atoms with Gasteiger partial charge < -0.3 is 19.7 Å². The zero-order valence-electron chi connectivity index (χ0n) is 22.7. The van der Waals surface area contributed by atoms with Crippen molar-refractivity contribution in [3.63, 3.8) is 0 Å². The molecule has 3 heterocycles. The van der Waals surface area contributed by atoms with Crippen molar-refractivity contribution in [3.8, 4) is 11.5 Å².